The first-order chi connectivity index (χ1) is 20.0. The second-order valence-electron chi connectivity index (χ2n) is 9.75. The number of anilines is 2. The molecule has 0 aliphatic carbocycles. The van der Waals surface area contributed by atoms with Gasteiger partial charge in [0.15, 0.2) is 5.82 Å². The predicted molar refractivity (Wildman–Crippen MR) is 179 cm³/mol. The average molecular weight is 591 g/mol. The standard InChI is InChI=1S/C26H23ClN4OS.C6H14.C2H6/c1-17-14-20(31-12-4-5-13-33-31)9-10-21(17)26(32)29-19-8-11-23(27)22(15-19)25-28-16-18-6-2-3-7-24(18)30-25;1-3-5-6-4-2;1-2/h2-3,6-11,14-16H,4-5,12-13H2,1H3,(H,29,32);3-6H2,1-2H3;1-2H3. The molecule has 3 aromatic carbocycles. The number of unbranched alkanes of at least 4 members (excludes halogenated alkanes) is 3. The van der Waals surface area contributed by atoms with Gasteiger partial charge < -0.3 is 9.62 Å². The maximum atomic E-state index is 13.0. The fourth-order valence-corrected chi connectivity index (χ4v) is 5.71. The minimum Gasteiger partial charge on any atom is -0.322 e. The van der Waals surface area contributed by atoms with Crippen molar-refractivity contribution in [3.63, 3.8) is 0 Å². The molecule has 218 valence electrons. The molecule has 2 heterocycles. The summed E-state index contributed by atoms with van der Waals surface area (Å²) in [5.74, 6) is 1.51. The average Bonchev–Trinajstić information content (AvgIpc) is 3.02. The summed E-state index contributed by atoms with van der Waals surface area (Å²) in [5, 5.41) is 4.49. The first kappa shape index (κ1) is 32.4. The summed E-state index contributed by atoms with van der Waals surface area (Å²) in [5.41, 5.74) is 4.91. The summed E-state index contributed by atoms with van der Waals surface area (Å²) in [7, 11) is 0. The molecule has 0 atom stereocenters. The number of carbonyl (C=O) groups excluding carboxylic acids is 1. The Kier molecular flexibility index (Phi) is 13.4. The molecule has 0 saturated carbocycles. The number of para-hydroxylation sites is 1. The number of benzene rings is 3. The van der Waals surface area contributed by atoms with E-state index in [-0.39, 0.29) is 5.91 Å². The Labute approximate surface area is 255 Å². The van der Waals surface area contributed by atoms with Crippen LogP contribution in [0.15, 0.2) is 66.9 Å². The number of fused-ring (bicyclic) bond motifs is 1. The van der Waals surface area contributed by atoms with Crippen molar-refractivity contribution in [2.24, 2.45) is 0 Å². The number of rotatable bonds is 7. The Bertz CT molecular complexity index is 1400. The Hall–Kier alpha value is -3.09. The number of nitrogens with zero attached hydrogens (tertiary/aromatic N) is 3. The Balaban J connectivity index is 0.000000515. The third-order valence-corrected chi connectivity index (χ3v) is 8.16. The summed E-state index contributed by atoms with van der Waals surface area (Å²) in [6.07, 6.45) is 9.78. The molecule has 7 heteroatoms. The highest BCUT2D eigenvalue weighted by Gasteiger charge is 2.16. The molecule has 1 amide bonds. The lowest BCUT2D eigenvalue weighted by molar-refractivity contribution is 0.102. The number of hydrogen-bond acceptors (Lipinski definition) is 5. The number of hydrogen-bond donors (Lipinski definition) is 1. The van der Waals surface area contributed by atoms with Gasteiger partial charge in [-0.05, 0) is 79.7 Å². The van der Waals surface area contributed by atoms with E-state index in [1.165, 1.54) is 38.5 Å². The minimum atomic E-state index is -0.155. The van der Waals surface area contributed by atoms with Crippen LogP contribution in [-0.2, 0) is 0 Å². The number of nitrogens with one attached hydrogen (secondary N) is 1. The van der Waals surface area contributed by atoms with E-state index in [4.69, 9.17) is 11.6 Å². The lowest BCUT2D eigenvalue weighted by atomic mass is 10.1. The van der Waals surface area contributed by atoms with E-state index >= 15 is 0 Å². The second-order valence-corrected chi connectivity index (χ2v) is 11.3. The van der Waals surface area contributed by atoms with Crippen molar-refractivity contribution in [3.8, 4) is 11.4 Å². The molecule has 41 heavy (non-hydrogen) atoms. The maximum Gasteiger partial charge on any atom is 0.255 e. The van der Waals surface area contributed by atoms with Gasteiger partial charge in [-0.2, -0.15) is 0 Å². The highest BCUT2D eigenvalue weighted by Crippen LogP contribution is 2.31. The molecule has 1 aliphatic heterocycles. The largest absolute Gasteiger partial charge is 0.322 e. The number of aryl methyl sites for hydroxylation is 1. The molecule has 0 unspecified atom stereocenters. The third kappa shape index (κ3) is 9.20. The smallest absolute Gasteiger partial charge is 0.255 e. The Morgan fingerprint density at radius 2 is 1.76 bits per heavy atom. The molecule has 0 bridgehead atoms. The molecule has 1 aliphatic rings. The van der Waals surface area contributed by atoms with Crippen LogP contribution in [0.25, 0.3) is 22.3 Å². The van der Waals surface area contributed by atoms with E-state index in [1.807, 2.05) is 75.2 Å². The van der Waals surface area contributed by atoms with Crippen molar-refractivity contribution < 1.29 is 4.79 Å². The molecular formula is C34H43ClN4OS. The molecule has 0 spiro atoms. The van der Waals surface area contributed by atoms with Crippen molar-refractivity contribution in [2.45, 2.75) is 73.1 Å². The van der Waals surface area contributed by atoms with Crippen LogP contribution in [0.4, 0.5) is 11.4 Å². The van der Waals surface area contributed by atoms with Crippen LogP contribution >= 0.6 is 23.5 Å². The van der Waals surface area contributed by atoms with E-state index in [1.54, 1.807) is 18.3 Å². The summed E-state index contributed by atoms with van der Waals surface area (Å²) < 4.78 is 2.31. The predicted octanol–water partition coefficient (Wildman–Crippen LogP) is 10.4. The van der Waals surface area contributed by atoms with Crippen LogP contribution in [0.3, 0.4) is 0 Å². The summed E-state index contributed by atoms with van der Waals surface area (Å²) in [6.45, 7) is 11.5. The highest BCUT2D eigenvalue weighted by atomic mass is 35.5. The van der Waals surface area contributed by atoms with Crippen molar-refractivity contribution in [1.29, 1.82) is 0 Å². The molecule has 4 aromatic rings. The van der Waals surface area contributed by atoms with Crippen molar-refractivity contribution in [2.75, 3.05) is 21.9 Å². The first-order valence-electron chi connectivity index (χ1n) is 14.8. The van der Waals surface area contributed by atoms with Crippen molar-refractivity contribution >= 4 is 51.7 Å². The van der Waals surface area contributed by atoms with E-state index < -0.39 is 0 Å². The van der Waals surface area contributed by atoms with Crippen molar-refractivity contribution in [3.05, 3.63) is 83.0 Å². The fraction of sp³-hybridized carbons (Fsp3) is 0.382. The second kappa shape index (κ2) is 17.0. The molecule has 5 rings (SSSR count). The zero-order valence-corrected chi connectivity index (χ0v) is 26.6. The quantitative estimate of drug-likeness (QED) is 0.171. The third-order valence-electron chi connectivity index (χ3n) is 6.66. The van der Waals surface area contributed by atoms with E-state index in [9.17, 15) is 4.79 Å². The van der Waals surface area contributed by atoms with Crippen LogP contribution in [0.2, 0.25) is 5.02 Å². The molecule has 5 nitrogen and oxygen atoms in total. The topological polar surface area (TPSA) is 58.1 Å². The Morgan fingerprint density at radius 3 is 2.44 bits per heavy atom. The lowest BCUT2D eigenvalue weighted by Gasteiger charge is -2.27. The van der Waals surface area contributed by atoms with Gasteiger partial charge >= 0.3 is 0 Å². The van der Waals surface area contributed by atoms with Crippen LogP contribution in [0, 0.1) is 6.92 Å². The van der Waals surface area contributed by atoms with Gasteiger partial charge in [0.2, 0.25) is 0 Å². The number of amides is 1. The van der Waals surface area contributed by atoms with Gasteiger partial charge in [-0.25, -0.2) is 9.97 Å². The zero-order valence-electron chi connectivity index (χ0n) is 25.0. The summed E-state index contributed by atoms with van der Waals surface area (Å²) >= 11 is 8.30. The number of carbonyl (C=O) groups is 1. The SMILES string of the molecule is CC.CCCCCC.Cc1cc(N2CCCCS2)ccc1C(=O)Nc1ccc(Cl)c(-c2ncc3ccccc3n2)c1. The van der Waals surface area contributed by atoms with E-state index in [0.29, 0.717) is 27.7 Å². The van der Waals surface area contributed by atoms with Gasteiger partial charge in [0.25, 0.3) is 5.91 Å². The minimum absolute atomic E-state index is 0.155. The van der Waals surface area contributed by atoms with Crippen LogP contribution in [-0.4, -0.2) is 28.2 Å². The molecule has 0 radical (unpaired) electrons. The maximum absolute atomic E-state index is 13.0. The molecule has 1 N–H and O–H groups in total. The molecular weight excluding hydrogens is 548 g/mol. The normalized spacial score (nSPS) is 12.6. The highest BCUT2D eigenvalue weighted by molar-refractivity contribution is 8.00. The first-order valence-corrected chi connectivity index (χ1v) is 16.2. The van der Waals surface area contributed by atoms with Gasteiger partial charge in [-0.15, -0.1) is 0 Å². The van der Waals surface area contributed by atoms with E-state index in [2.05, 4.69) is 39.5 Å². The van der Waals surface area contributed by atoms with Gasteiger partial charge in [0.1, 0.15) is 0 Å². The molecule has 1 fully saturated rings. The summed E-state index contributed by atoms with van der Waals surface area (Å²) in [6, 6.07) is 19.2. The zero-order chi connectivity index (χ0) is 29.6. The van der Waals surface area contributed by atoms with Gasteiger partial charge in [0.05, 0.1) is 10.5 Å². The van der Waals surface area contributed by atoms with E-state index in [0.717, 1.165) is 34.5 Å². The van der Waals surface area contributed by atoms with Crippen molar-refractivity contribution in [1.82, 2.24) is 9.97 Å². The van der Waals surface area contributed by atoms with Gasteiger partial charge in [-0.3, -0.25) is 4.79 Å². The van der Waals surface area contributed by atoms with Gasteiger partial charge in [0, 0.05) is 46.4 Å². The lowest BCUT2D eigenvalue weighted by Crippen LogP contribution is -2.21. The van der Waals surface area contributed by atoms with Gasteiger partial charge in [-0.1, -0.05) is 83.2 Å². The summed E-state index contributed by atoms with van der Waals surface area (Å²) in [4.78, 5) is 22.1. The number of aromatic nitrogens is 2. The Morgan fingerprint density at radius 1 is 1.00 bits per heavy atom. The fourth-order valence-electron chi connectivity index (χ4n) is 4.43. The van der Waals surface area contributed by atoms with Crippen LogP contribution in [0.5, 0.6) is 0 Å². The monoisotopic (exact) mass is 590 g/mol. The molecule has 1 aromatic heterocycles. The van der Waals surface area contributed by atoms with Crippen LogP contribution in [0.1, 0.15) is 82.1 Å². The molecule has 1 saturated heterocycles. The number of halogens is 1. The van der Waals surface area contributed by atoms with Crippen LogP contribution < -0.4 is 9.62 Å².